The van der Waals surface area contributed by atoms with Crippen molar-refractivity contribution >= 4 is 22.4 Å². The first-order chi connectivity index (χ1) is 13.1. The molecule has 0 unspecified atom stereocenters. The Morgan fingerprint density at radius 3 is 2.52 bits per heavy atom. The molecule has 0 fully saturated rings. The predicted octanol–water partition coefficient (Wildman–Crippen LogP) is 1.66. The zero-order valence-corrected chi connectivity index (χ0v) is 15.3. The highest BCUT2D eigenvalue weighted by Crippen LogP contribution is 2.13. The van der Waals surface area contributed by atoms with Gasteiger partial charge in [0.1, 0.15) is 11.4 Å². The summed E-state index contributed by atoms with van der Waals surface area (Å²) >= 11 is 1.16. The molecule has 6 nitrogen and oxygen atoms in total. The van der Waals surface area contributed by atoms with Crippen LogP contribution in [0.4, 0.5) is 0 Å². The summed E-state index contributed by atoms with van der Waals surface area (Å²) in [5.41, 5.74) is 1.34. The lowest BCUT2D eigenvalue weighted by Gasteiger charge is -2.02. The van der Waals surface area contributed by atoms with Crippen molar-refractivity contribution in [3.05, 3.63) is 96.7 Å². The summed E-state index contributed by atoms with van der Waals surface area (Å²) in [5, 5.41) is 4.26. The first-order valence-electron chi connectivity index (χ1n) is 8.26. The molecule has 0 bridgehead atoms. The van der Waals surface area contributed by atoms with E-state index in [4.69, 9.17) is 4.74 Å². The van der Waals surface area contributed by atoms with E-state index in [1.165, 1.54) is 4.52 Å². The number of benzene rings is 2. The topological polar surface area (TPSA) is 73.6 Å². The molecule has 0 radical (unpaired) electrons. The van der Waals surface area contributed by atoms with Crippen molar-refractivity contribution in [1.29, 1.82) is 0 Å². The van der Waals surface area contributed by atoms with Gasteiger partial charge in [0.25, 0.3) is 11.1 Å². The van der Waals surface area contributed by atoms with E-state index >= 15 is 0 Å². The van der Waals surface area contributed by atoms with Crippen LogP contribution >= 0.6 is 11.3 Å². The molecule has 2 heterocycles. The first kappa shape index (κ1) is 17.1. The van der Waals surface area contributed by atoms with Crippen molar-refractivity contribution in [3.63, 3.8) is 0 Å². The van der Waals surface area contributed by atoms with Gasteiger partial charge in [0.15, 0.2) is 0 Å². The van der Waals surface area contributed by atoms with Gasteiger partial charge >= 0.3 is 0 Å². The maximum Gasteiger partial charge on any atom is 0.296 e. The van der Waals surface area contributed by atoms with Gasteiger partial charge in [-0.15, -0.1) is 0 Å². The molecular weight excluding hydrogens is 362 g/mol. The molecule has 0 amide bonds. The third-order valence-corrected chi connectivity index (χ3v) is 5.04. The molecule has 4 aromatic rings. The minimum atomic E-state index is -0.418. The monoisotopic (exact) mass is 377 g/mol. The Morgan fingerprint density at radius 1 is 1.07 bits per heavy atom. The molecular formula is C20H15N3O3S. The maximum absolute atomic E-state index is 12.7. The molecule has 0 saturated carbocycles. The molecule has 0 aliphatic carbocycles. The van der Waals surface area contributed by atoms with Gasteiger partial charge in [-0.05, 0) is 29.3 Å². The molecule has 2 aromatic carbocycles. The fraction of sp³-hybridized carbons (Fsp3) is 0.100. The van der Waals surface area contributed by atoms with E-state index < -0.39 is 5.56 Å². The van der Waals surface area contributed by atoms with Crippen LogP contribution in [0.1, 0.15) is 16.8 Å². The number of ether oxygens (including phenoxy) is 1. The van der Waals surface area contributed by atoms with Crippen molar-refractivity contribution < 1.29 is 4.74 Å². The second kappa shape index (κ2) is 7.13. The van der Waals surface area contributed by atoms with E-state index in [1.807, 2.05) is 54.6 Å². The summed E-state index contributed by atoms with van der Waals surface area (Å²) in [4.78, 5) is 29.3. The summed E-state index contributed by atoms with van der Waals surface area (Å²) in [7, 11) is 1.59. The van der Waals surface area contributed by atoms with Crippen LogP contribution in [0.25, 0.3) is 11.0 Å². The summed E-state index contributed by atoms with van der Waals surface area (Å²) in [6.07, 6.45) is 2.07. The number of fused-ring (bicyclic) bond motifs is 1. The molecule has 0 spiro atoms. The van der Waals surface area contributed by atoms with Gasteiger partial charge < -0.3 is 4.74 Å². The molecule has 134 valence electrons. The fourth-order valence-electron chi connectivity index (χ4n) is 2.69. The molecule has 4 rings (SSSR count). The van der Waals surface area contributed by atoms with Gasteiger partial charge in [-0.3, -0.25) is 9.59 Å². The minimum absolute atomic E-state index is 0.235. The van der Waals surface area contributed by atoms with Crippen LogP contribution in [0.5, 0.6) is 5.75 Å². The second-order valence-electron chi connectivity index (χ2n) is 5.91. The van der Waals surface area contributed by atoms with Crippen LogP contribution in [0.15, 0.2) is 64.2 Å². The quantitative estimate of drug-likeness (QED) is 0.541. The van der Waals surface area contributed by atoms with E-state index in [9.17, 15) is 9.59 Å². The van der Waals surface area contributed by atoms with Gasteiger partial charge in [0, 0.05) is 6.42 Å². The third-order valence-electron chi connectivity index (χ3n) is 4.08. The van der Waals surface area contributed by atoms with Crippen molar-refractivity contribution in [1.82, 2.24) is 14.6 Å². The summed E-state index contributed by atoms with van der Waals surface area (Å²) in [5.74, 6) is 0.734. The Labute approximate surface area is 158 Å². The zero-order chi connectivity index (χ0) is 18.8. The molecule has 27 heavy (non-hydrogen) atoms. The smallest absolute Gasteiger partial charge is 0.296 e. The van der Waals surface area contributed by atoms with E-state index in [2.05, 4.69) is 10.1 Å². The largest absolute Gasteiger partial charge is 0.497 e. The van der Waals surface area contributed by atoms with Crippen LogP contribution in [0.3, 0.4) is 0 Å². The highest BCUT2D eigenvalue weighted by Gasteiger charge is 2.11. The number of nitrogens with zero attached hydrogens (tertiary/aromatic N) is 3. The van der Waals surface area contributed by atoms with Crippen LogP contribution in [0, 0.1) is 0 Å². The van der Waals surface area contributed by atoms with Crippen molar-refractivity contribution in [2.24, 2.45) is 0 Å². The number of methoxy groups -OCH3 is 1. The minimum Gasteiger partial charge on any atom is -0.497 e. The van der Waals surface area contributed by atoms with E-state index in [0.29, 0.717) is 15.9 Å². The zero-order valence-electron chi connectivity index (χ0n) is 14.5. The highest BCUT2D eigenvalue weighted by molar-refractivity contribution is 7.15. The van der Waals surface area contributed by atoms with Gasteiger partial charge in [-0.25, -0.2) is 0 Å². The van der Waals surface area contributed by atoms with Gasteiger partial charge in [-0.2, -0.15) is 14.6 Å². The fourth-order valence-corrected chi connectivity index (χ4v) is 3.59. The van der Waals surface area contributed by atoms with Crippen LogP contribution in [0.2, 0.25) is 0 Å². The van der Waals surface area contributed by atoms with E-state index in [-0.39, 0.29) is 11.3 Å². The number of aromatic nitrogens is 3. The number of hydrogen-bond acceptors (Lipinski definition) is 6. The molecule has 2 aromatic heterocycles. The second-order valence-corrected chi connectivity index (χ2v) is 6.92. The van der Waals surface area contributed by atoms with E-state index in [1.54, 1.807) is 13.2 Å². The molecule has 0 saturated heterocycles. The Bertz CT molecular complexity index is 1260. The maximum atomic E-state index is 12.7. The first-order valence-corrected chi connectivity index (χ1v) is 9.08. The predicted molar refractivity (Wildman–Crippen MR) is 104 cm³/mol. The molecule has 0 aliphatic heterocycles. The Balaban J connectivity index is 1.76. The lowest BCUT2D eigenvalue weighted by Crippen LogP contribution is -2.28. The molecule has 0 N–H and O–H groups in total. The van der Waals surface area contributed by atoms with Gasteiger partial charge in [0.2, 0.25) is 4.96 Å². The standard InChI is InChI=1S/C20H15N3O3S/c1-26-15-9-7-14(8-10-15)11-16-18(24)21-20-23(22-16)19(25)17(27-20)12-13-5-3-2-4-6-13/h2-10,12H,11H2,1H3. The van der Waals surface area contributed by atoms with Crippen LogP contribution < -0.4 is 20.4 Å². The number of thiazole rings is 1. The van der Waals surface area contributed by atoms with Gasteiger partial charge in [-0.1, -0.05) is 53.8 Å². The highest BCUT2D eigenvalue weighted by atomic mass is 32.1. The van der Waals surface area contributed by atoms with Crippen molar-refractivity contribution in [2.75, 3.05) is 7.11 Å². The Morgan fingerprint density at radius 2 is 1.81 bits per heavy atom. The SMILES string of the molecule is COc1ccc(Cc2nn3c(=O)c(=Cc4ccccc4)sc3nc2=O)cc1. The molecule has 0 atom stereocenters. The van der Waals surface area contributed by atoms with E-state index in [0.717, 1.165) is 28.2 Å². The summed E-state index contributed by atoms with van der Waals surface area (Å²) < 4.78 is 6.83. The summed E-state index contributed by atoms with van der Waals surface area (Å²) in [6, 6.07) is 16.9. The Hall–Kier alpha value is -3.32. The normalized spacial score (nSPS) is 11.8. The average Bonchev–Trinajstić information content (AvgIpc) is 2.98. The number of hydrogen-bond donors (Lipinski definition) is 0. The summed E-state index contributed by atoms with van der Waals surface area (Å²) in [6.45, 7) is 0. The van der Waals surface area contributed by atoms with Crippen LogP contribution in [-0.2, 0) is 6.42 Å². The lowest BCUT2D eigenvalue weighted by atomic mass is 10.1. The van der Waals surface area contributed by atoms with Crippen molar-refractivity contribution in [2.45, 2.75) is 6.42 Å². The lowest BCUT2D eigenvalue weighted by molar-refractivity contribution is 0.414. The molecule has 0 aliphatic rings. The van der Waals surface area contributed by atoms with Crippen LogP contribution in [-0.4, -0.2) is 21.7 Å². The molecule has 7 heteroatoms. The Kier molecular flexibility index (Phi) is 4.52. The third kappa shape index (κ3) is 3.50. The van der Waals surface area contributed by atoms with Gasteiger partial charge in [0.05, 0.1) is 11.6 Å². The number of rotatable bonds is 4. The van der Waals surface area contributed by atoms with Crippen molar-refractivity contribution in [3.8, 4) is 5.75 Å². The average molecular weight is 377 g/mol.